The molecule has 108 valence electrons. The summed E-state index contributed by atoms with van der Waals surface area (Å²) in [5, 5.41) is 14.9. The lowest BCUT2D eigenvalue weighted by atomic mass is 10.1. The van der Waals surface area contributed by atoms with Crippen molar-refractivity contribution >= 4 is 11.6 Å². The van der Waals surface area contributed by atoms with Gasteiger partial charge < -0.3 is 15.3 Å². The molecule has 0 bridgehead atoms. The van der Waals surface area contributed by atoms with Crippen LogP contribution in [0.1, 0.15) is 31.7 Å². The monoisotopic (exact) mass is 276 g/mol. The summed E-state index contributed by atoms with van der Waals surface area (Å²) < 4.78 is 5.41. The van der Waals surface area contributed by atoms with Gasteiger partial charge in [-0.15, -0.1) is 0 Å². The fraction of sp³-hybridized carbons (Fsp3) is 0.467. The summed E-state index contributed by atoms with van der Waals surface area (Å²) in [5.74, 6) is 1.21. The van der Waals surface area contributed by atoms with Gasteiger partial charge >= 0.3 is 0 Å². The Hall–Kier alpha value is -2.04. The summed E-state index contributed by atoms with van der Waals surface area (Å²) in [6, 6.07) is 7.17. The minimum atomic E-state index is -0.0906. The first-order chi connectivity index (χ1) is 9.72. The molecule has 1 aliphatic rings. The highest BCUT2D eigenvalue weighted by Crippen LogP contribution is 2.27. The van der Waals surface area contributed by atoms with E-state index in [0.717, 1.165) is 12.1 Å². The molecule has 0 aromatic heterocycles. The summed E-state index contributed by atoms with van der Waals surface area (Å²) >= 11 is 0. The topological polar surface area (TPSA) is 70.9 Å². The first-order valence-electron chi connectivity index (χ1n) is 6.93. The minimum Gasteiger partial charge on any atom is -0.484 e. The van der Waals surface area contributed by atoms with Crippen LogP contribution in [-0.2, 0) is 4.79 Å². The van der Waals surface area contributed by atoms with Crippen LogP contribution in [0.5, 0.6) is 5.75 Å². The molecule has 1 aromatic rings. The molecule has 0 aliphatic heterocycles. The van der Waals surface area contributed by atoms with Crippen LogP contribution in [0, 0.1) is 5.92 Å². The van der Waals surface area contributed by atoms with E-state index in [1.807, 2.05) is 19.1 Å². The average molecular weight is 276 g/mol. The molecule has 1 aliphatic carbocycles. The molecule has 1 amide bonds. The van der Waals surface area contributed by atoms with Crippen molar-refractivity contribution in [3.8, 4) is 5.75 Å². The number of ether oxygens (including phenoxy) is 1. The van der Waals surface area contributed by atoms with Crippen molar-refractivity contribution in [2.24, 2.45) is 11.1 Å². The first-order valence-corrected chi connectivity index (χ1v) is 6.93. The molecule has 1 aromatic carbocycles. The highest BCUT2D eigenvalue weighted by Gasteiger charge is 2.21. The van der Waals surface area contributed by atoms with E-state index in [9.17, 15) is 4.79 Å². The summed E-state index contributed by atoms with van der Waals surface area (Å²) in [6.45, 7) is 2.71. The maximum atomic E-state index is 11.5. The Bertz CT molecular complexity index is 478. The molecule has 5 heteroatoms. The Morgan fingerprint density at radius 2 is 2.10 bits per heavy atom. The SMILES string of the molecule is CC/C(=N\O)c1ccc(OCC(=O)NCC2CC2)cc1. The molecular weight excluding hydrogens is 256 g/mol. The Balaban J connectivity index is 1.79. The lowest BCUT2D eigenvalue weighted by molar-refractivity contribution is -0.123. The van der Waals surface area contributed by atoms with E-state index in [4.69, 9.17) is 9.94 Å². The van der Waals surface area contributed by atoms with Crippen LogP contribution in [0.2, 0.25) is 0 Å². The third kappa shape index (κ3) is 4.26. The van der Waals surface area contributed by atoms with E-state index in [1.165, 1.54) is 12.8 Å². The maximum absolute atomic E-state index is 11.5. The van der Waals surface area contributed by atoms with Gasteiger partial charge in [-0.25, -0.2) is 0 Å². The van der Waals surface area contributed by atoms with Gasteiger partial charge in [0.05, 0.1) is 5.71 Å². The molecule has 0 radical (unpaired) electrons. The van der Waals surface area contributed by atoms with Crippen molar-refractivity contribution in [3.63, 3.8) is 0 Å². The summed E-state index contributed by atoms with van der Waals surface area (Å²) in [7, 11) is 0. The molecule has 0 heterocycles. The van der Waals surface area contributed by atoms with Crippen molar-refractivity contribution in [1.29, 1.82) is 0 Å². The van der Waals surface area contributed by atoms with Gasteiger partial charge in [0, 0.05) is 6.54 Å². The number of nitrogens with one attached hydrogen (secondary N) is 1. The molecule has 5 nitrogen and oxygen atoms in total. The van der Waals surface area contributed by atoms with Crippen LogP contribution in [0.15, 0.2) is 29.4 Å². The number of rotatable bonds is 7. The van der Waals surface area contributed by atoms with Gasteiger partial charge in [-0.1, -0.05) is 12.1 Å². The largest absolute Gasteiger partial charge is 0.484 e. The smallest absolute Gasteiger partial charge is 0.257 e. The Labute approximate surface area is 118 Å². The number of nitrogens with zero attached hydrogens (tertiary/aromatic N) is 1. The molecule has 20 heavy (non-hydrogen) atoms. The van der Waals surface area contributed by atoms with E-state index in [0.29, 0.717) is 23.8 Å². The minimum absolute atomic E-state index is 0.0286. The van der Waals surface area contributed by atoms with E-state index >= 15 is 0 Å². The standard InChI is InChI=1S/C15H20N2O3/c1-2-14(17-19)12-5-7-13(8-6-12)20-10-15(18)16-9-11-3-4-11/h5-8,11,19H,2-4,9-10H2,1H3,(H,16,18)/b17-14+. The Morgan fingerprint density at radius 3 is 2.65 bits per heavy atom. The van der Waals surface area contributed by atoms with Crippen molar-refractivity contribution in [3.05, 3.63) is 29.8 Å². The van der Waals surface area contributed by atoms with Crippen LogP contribution in [0.25, 0.3) is 0 Å². The van der Waals surface area contributed by atoms with E-state index < -0.39 is 0 Å². The van der Waals surface area contributed by atoms with Crippen molar-refractivity contribution in [1.82, 2.24) is 5.32 Å². The van der Waals surface area contributed by atoms with Crippen molar-refractivity contribution in [2.45, 2.75) is 26.2 Å². The zero-order chi connectivity index (χ0) is 14.4. The van der Waals surface area contributed by atoms with Gasteiger partial charge in [-0.05, 0) is 55.0 Å². The quantitative estimate of drug-likeness (QED) is 0.455. The molecule has 1 fully saturated rings. The van der Waals surface area contributed by atoms with E-state index in [-0.39, 0.29) is 12.5 Å². The number of benzene rings is 1. The molecule has 2 rings (SSSR count). The molecule has 0 unspecified atom stereocenters. The molecule has 0 saturated heterocycles. The number of hydrogen-bond donors (Lipinski definition) is 2. The first kappa shape index (κ1) is 14.4. The van der Waals surface area contributed by atoms with Crippen LogP contribution < -0.4 is 10.1 Å². The Kier molecular flexibility index (Phi) is 4.98. The van der Waals surface area contributed by atoms with Crippen molar-refractivity contribution < 1.29 is 14.7 Å². The predicted molar refractivity (Wildman–Crippen MR) is 76.3 cm³/mol. The Morgan fingerprint density at radius 1 is 1.40 bits per heavy atom. The fourth-order valence-corrected chi connectivity index (χ4v) is 1.86. The normalized spacial score (nSPS) is 14.9. The summed E-state index contributed by atoms with van der Waals surface area (Å²) in [6.07, 6.45) is 3.09. The number of carbonyl (C=O) groups excluding carboxylic acids is 1. The van der Waals surface area contributed by atoms with Crippen LogP contribution in [0.4, 0.5) is 0 Å². The second-order valence-corrected chi connectivity index (χ2v) is 4.96. The molecule has 0 atom stereocenters. The number of amides is 1. The van der Waals surface area contributed by atoms with Gasteiger partial charge in [0.15, 0.2) is 6.61 Å². The van der Waals surface area contributed by atoms with Gasteiger partial charge in [0.1, 0.15) is 5.75 Å². The highest BCUT2D eigenvalue weighted by molar-refractivity contribution is 6.00. The van der Waals surface area contributed by atoms with Crippen LogP contribution >= 0.6 is 0 Å². The van der Waals surface area contributed by atoms with Gasteiger partial charge in [0.25, 0.3) is 5.91 Å². The van der Waals surface area contributed by atoms with Gasteiger partial charge in [0.2, 0.25) is 0 Å². The van der Waals surface area contributed by atoms with E-state index in [1.54, 1.807) is 12.1 Å². The lowest BCUT2D eigenvalue weighted by Gasteiger charge is -2.08. The predicted octanol–water partition coefficient (Wildman–Crippen LogP) is 2.18. The third-order valence-corrected chi connectivity index (χ3v) is 3.30. The number of carbonyl (C=O) groups is 1. The lowest BCUT2D eigenvalue weighted by Crippen LogP contribution is -2.30. The van der Waals surface area contributed by atoms with Crippen molar-refractivity contribution in [2.75, 3.05) is 13.2 Å². The van der Waals surface area contributed by atoms with E-state index in [2.05, 4.69) is 10.5 Å². The molecule has 2 N–H and O–H groups in total. The third-order valence-electron chi connectivity index (χ3n) is 3.30. The number of hydrogen-bond acceptors (Lipinski definition) is 4. The maximum Gasteiger partial charge on any atom is 0.257 e. The van der Waals surface area contributed by atoms with Crippen LogP contribution in [0.3, 0.4) is 0 Å². The summed E-state index contributed by atoms with van der Waals surface area (Å²) in [4.78, 5) is 11.5. The second kappa shape index (κ2) is 6.93. The number of oxime groups is 1. The molecule has 1 saturated carbocycles. The van der Waals surface area contributed by atoms with Gasteiger partial charge in [-0.3, -0.25) is 4.79 Å². The fourth-order valence-electron chi connectivity index (χ4n) is 1.86. The highest BCUT2D eigenvalue weighted by atomic mass is 16.5. The molecular formula is C15H20N2O3. The zero-order valence-corrected chi connectivity index (χ0v) is 11.6. The van der Waals surface area contributed by atoms with Crippen LogP contribution in [-0.4, -0.2) is 30.0 Å². The zero-order valence-electron chi connectivity index (χ0n) is 11.6. The average Bonchev–Trinajstić information content (AvgIpc) is 3.30. The van der Waals surface area contributed by atoms with Gasteiger partial charge in [-0.2, -0.15) is 0 Å². The molecule has 0 spiro atoms. The second-order valence-electron chi connectivity index (χ2n) is 4.96. The summed E-state index contributed by atoms with van der Waals surface area (Å²) in [5.41, 5.74) is 1.47.